The fourth-order valence-electron chi connectivity index (χ4n) is 2.91. The largest absolute Gasteiger partial charge is 0.244 e. The number of alkyl halides is 1. The molecule has 0 bridgehead atoms. The maximum absolute atomic E-state index is 12.7. The van der Waals surface area contributed by atoms with E-state index in [2.05, 4.69) is 0 Å². The van der Waals surface area contributed by atoms with E-state index in [4.69, 9.17) is 11.6 Å². The Labute approximate surface area is 131 Å². The summed E-state index contributed by atoms with van der Waals surface area (Å²) in [5, 5.41) is 1.87. The van der Waals surface area contributed by atoms with E-state index in [-0.39, 0.29) is 5.88 Å². The third kappa shape index (κ3) is 3.38. The molecule has 20 heavy (non-hydrogen) atoms. The molecule has 0 radical (unpaired) electrons. The Morgan fingerprint density at radius 3 is 2.60 bits per heavy atom. The van der Waals surface area contributed by atoms with Gasteiger partial charge in [0.05, 0.1) is 5.88 Å². The summed E-state index contributed by atoms with van der Waals surface area (Å²) in [5.41, 5.74) is 0.807. The molecule has 1 aliphatic carbocycles. The quantitative estimate of drug-likeness (QED) is 0.763. The van der Waals surface area contributed by atoms with Gasteiger partial charge in [-0.15, -0.1) is 22.9 Å². The van der Waals surface area contributed by atoms with E-state index in [0.717, 1.165) is 23.3 Å². The predicted molar refractivity (Wildman–Crippen MR) is 85.0 cm³/mol. The molecule has 6 heteroatoms. The van der Waals surface area contributed by atoms with Gasteiger partial charge in [-0.1, -0.05) is 19.3 Å². The van der Waals surface area contributed by atoms with Crippen LogP contribution in [0.25, 0.3) is 0 Å². The normalized spacial score (nSPS) is 17.8. The molecule has 1 fully saturated rings. The standard InChI is InChI=1S/C14H22ClNO2S2/c1-11-10-19-13(8-15)14(11)20(17,18)16(2)9-12-6-4-3-5-7-12/h10,12H,3-9H2,1-2H3. The van der Waals surface area contributed by atoms with E-state index in [0.29, 0.717) is 17.4 Å². The number of thiophene rings is 1. The number of aryl methyl sites for hydroxylation is 1. The van der Waals surface area contributed by atoms with Crippen molar-refractivity contribution in [1.29, 1.82) is 0 Å². The van der Waals surface area contributed by atoms with Crippen molar-refractivity contribution in [3.05, 3.63) is 15.8 Å². The Bertz CT molecular complexity index is 548. The van der Waals surface area contributed by atoms with Crippen LogP contribution < -0.4 is 0 Å². The molecule has 0 aliphatic heterocycles. The van der Waals surface area contributed by atoms with Crippen LogP contribution in [0.5, 0.6) is 0 Å². The number of rotatable bonds is 5. The van der Waals surface area contributed by atoms with Crippen molar-refractivity contribution in [3.8, 4) is 0 Å². The highest BCUT2D eigenvalue weighted by Crippen LogP contribution is 2.32. The molecule has 0 atom stereocenters. The average Bonchev–Trinajstić information content (AvgIpc) is 2.81. The lowest BCUT2D eigenvalue weighted by Crippen LogP contribution is -2.33. The molecule has 1 saturated carbocycles. The summed E-state index contributed by atoms with van der Waals surface area (Å²) in [7, 11) is -1.72. The maximum atomic E-state index is 12.7. The van der Waals surface area contributed by atoms with Gasteiger partial charge in [0.2, 0.25) is 10.0 Å². The number of hydrogen-bond acceptors (Lipinski definition) is 3. The summed E-state index contributed by atoms with van der Waals surface area (Å²) in [4.78, 5) is 1.18. The zero-order valence-electron chi connectivity index (χ0n) is 12.1. The summed E-state index contributed by atoms with van der Waals surface area (Å²) >= 11 is 7.30. The van der Waals surface area contributed by atoms with Crippen LogP contribution in [0.3, 0.4) is 0 Å². The second-order valence-corrected chi connectivity index (χ2v) is 8.81. The summed E-state index contributed by atoms with van der Waals surface area (Å²) in [6.07, 6.45) is 6.02. The molecule has 1 heterocycles. The molecule has 0 unspecified atom stereocenters. The summed E-state index contributed by atoms with van der Waals surface area (Å²) in [6, 6.07) is 0. The van der Waals surface area contributed by atoms with E-state index >= 15 is 0 Å². The van der Waals surface area contributed by atoms with Gasteiger partial charge in [-0.3, -0.25) is 0 Å². The van der Waals surface area contributed by atoms with Gasteiger partial charge in [0.15, 0.2) is 0 Å². The van der Waals surface area contributed by atoms with Crippen LogP contribution in [0.15, 0.2) is 10.3 Å². The molecule has 1 aliphatic rings. The van der Waals surface area contributed by atoms with Crippen molar-refractivity contribution in [2.75, 3.05) is 13.6 Å². The van der Waals surface area contributed by atoms with Gasteiger partial charge in [0, 0.05) is 18.5 Å². The monoisotopic (exact) mass is 335 g/mol. The number of hydrogen-bond donors (Lipinski definition) is 0. The molecule has 0 amide bonds. The van der Waals surface area contributed by atoms with Gasteiger partial charge >= 0.3 is 0 Å². The van der Waals surface area contributed by atoms with Gasteiger partial charge < -0.3 is 0 Å². The van der Waals surface area contributed by atoms with E-state index in [1.807, 2.05) is 12.3 Å². The zero-order valence-corrected chi connectivity index (χ0v) is 14.5. The van der Waals surface area contributed by atoms with Crippen molar-refractivity contribution < 1.29 is 8.42 Å². The van der Waals surface area contributed by atoms with Crippen molar-refractivity contribution in [1.82, 2.24) is 4.31 Å². The molecule has 3 nitrogen and oxygen atoms in total. The van der Waals surface area contributed by atoms with Crippen molar-refractivity contribution in [3.63, 3.8) is 0 Å². The minimum atomic E-state index is -3.41. The molecule has 1 aromatic rings. The Hall–Kier alpha value is -0.100. The minimum absolute atomic E-state index is 0.254. The van der Waals surface area contributed by atoms with Crippen LogP contribution in [0.4, 0.5) is 0 Å². The lowest BCUT2D eigenvalue weighted by atomic mass is 9.89. The fraction of sp³-hybridized carbons (Fsp3) is 0.714. The summed E-state index contributed by atoms with van der Waals surface area (Å²) < 4.78 is 27.0. The molecule has 2 rings (SSSR count). The van der Waals surface area contributed by atoms with Crippen molar-refractivity contribution in [2.24, 2.45) is 5.92 Å². The second kappa shape index (κ2) is 6.77. The predicted octanol–water partition coefficient (Wildman–Crippen LogP) is 4.00. The lowest BCUT2D eigenvalue weighted by Gasteiger charge is -2.26. The van der Waals surface area contributed by atoms with Crippen LogP contribution >= 0.6 is 22.9 Å². The molecule has 1 aromatic heterocycles. The Kier molecular flexibility index (Phi) is 5.51. The molecule has 0 aromatic carbocycles. The van der Waals surface area contributed by atoms with Crippen LogP contribution in [0.1, 0.15) is 42.5 Å². The molecule has 114 valence electrons. The average molecular weight is 336 g/mol. The van der Waals surface area contributed by atoms with Crippen LogP contribution in [0, 0.1) is 12.8 Å². The molecule has 0 saturated heterocycles. The van der Waals surface area contributed by atoms with Gasteiger partial charge in [-0.2, -0.15) is 0 Å². The summed E-state index contributed by atoms with van der Waals surface area (Å²) in [6.45, 7) is 2.47. The Morgan fingerprint density at radius 1 is 1.35 bits per heavy atom. The highest BCUT2D eigenvalue weighted by molar-refractivity contribution is 7.89. The molecule has 0 spiro atoms. The molecular weight excluding hydrogens is 314 g/mol. The van der Waals surface area contributed by atoms with Crippen LogP contribution in [0.2, 0.25) is 0 Å². The molecular formula is C14H22ClNO2S2. The first kappa shape index (κ1) is 16.3. The number of halogens is 1. The zero-order chi connectivity index (χ0) is 14.8. The summed E-state index contributed by atoms with van der Waals surface area (Å²) in [5.74, 6) is 0.756. The Balaban J connectivity index is 2.18. The van der Waals surface area contributed by atoms with E-state index in [1.165, 1.54) is 34.9 Å². The smallest absolute Gasteiger partial charge is 0.207 e. The minimum Gasteiger partial charge on any atom is -0.207 e. The van der Waals surface area contributed by atoms with Crippen LogP contribution in [-0.2, 0) is 15.9 Å². The van der Waals surface area contributed by atoms with Gasteiger partial charge in [0.25, 0.3) is 0 Å². The Morgan fingerprint density at radius 2 is 2.00 bits per heavy atom. The van der Waals surface area contributed by atoms with Gasteiger partial charge in [0.1, 0.15) is 4.90 Å². The lowest BCUT2D eigenvalue weighted by molar-refractivity contribution is 0.300. The molecule has 0 N–H and O–H groups in total. The number of sulfonamides is 1. The van der Waals surface area contributed by atoms with Crippen molar-refractivity contribution in [2.45, 2.75) is 49.8 Å². The first-order chi connectivity index (χ1) is 9.46. The highest BCUT2D eigenvalue weighted by Gasteiger charge is 2.29. The van der Waals surface area contributed by atoms with Gasteiger partial charge in [-0.25, -0.2) is 12.7 Å². The van der Waals surface area contributed by atoms with Crippen LogP contribution in [-0.4, -0.2) is 26.3 Å². The van der Waals surface area contributed by atoms with Gasteiger partial charge in [-0.05, 0) is 36.6 Å². The first-order valence-electron chi connectivity index (χ1n) is 7.06. The van der Waals surface area contributed by atoms with E-state index in [1.54, 1.807) is 7.05 Å². The topological polar surface area (TPSA) is 37.4 Å². The van der Waals surface area contributed by atoms with E-state index in [9.17, 15) is 8.42 Å². The maximum Gasteiger partial charge on any atom is 0.244 e. The third-order valence-electron chi connectivity index (χ3n) is 4.02. The fourth-order valence-corrected chi connectivity index (χ4v) is 6.16. The second-order valence-electron chi connectivity index (χ2n) is 5.59. The SMILES string of the molecule is Cc1csc(CCl)c1S(=O)(=O)N(C)CC1CCCCC1. The first-order valence-corrected chi connectivity index (χ1v) is 9.91. The highest BCUT2D eigenvalue weighted by atomic mass is 35.5. The van der Waals surface area contributed by atoms with Crippen molar-refractivity contribution >= 4 is 33.0 Å². The van der Waals surface area contributed by atoms with E-state index < -0.39 is 10.0 Å². The number of nitrogens with zero attached hydrogens (tertiary/aromatic N) is 1. The third-order valence-corrected chi connectivity index (χ3v) is 7.73.